The van der Waals surface area contributed by atoms with Gasteiger partial charge >= 0.3 is 0 Å². The minimum absolute atomic E-state index is 0.728. The lowest BCUT2D eigenvalue weighted by Crippen LogP contribution is -2.42. The topological polar surface area (TPSA) is 19.4 Å². The van der Waals surface area contributed by atoms with Gasteiger partial charge in [-0.15, -0.1) is 11.3 Å². The molecule has 3 fully saturated rings. The number of rotatable bonds is 3. The fourth-order valence-corrected chi connectivity index (χ4v) is 4.85. The largest absolute Gasteiger partial charge is 0.304 e. The van der Waals surface area contributed by atoms with Crippen molar-refractivity contribution in [1.29, 1.82) is 0 Å². The first-order valence-corrected chi connectivity index (χ1v) is 9.02. The first-order valence-electron chi connectivity index (χ1n) is 8.20. The molecular formula is C18H23N3S. The second-order valence-corrected chi connectivity index (χ2v) is 7.86. The van der Waals surface area contributed by atoms with Crippen LogP contribution < -0.4 is 0 Å². The van der Waals surface area contributed by atoms with Crippen molar-refractivity contribution < 1.29 is 0 Å². The number of hydrogen-bond donors (Lipinski definition) is 0. The molecule has 0 saturated carbocycles. The molecule has 1 aromatic heterocycles. The first-order chi connectivity index (χ1) is 10.8. The van der Waals surface area contributed by atoms with E-state index >= 15 is 0 Å². The summed E-state index contributed by atoms with van der Waals surface area (Å²) in [5, 5.41) is 1.15. The highest BCUT2D eigenvalue weighted by Crippen LogP contribution is 2.31. The van der Waals surface area contributed by atoms with E-state index < -0.39 is 0 Å². The van der Waals surface area contributed by atoms with Crippen LogP contribution in [-0.2, 0) is 6.54 Å². The standard InChI is InChI=1S/C18H23N3S/c1-20-10-14-7-8-16(12-20)21(11-14)13-17-9-19-18(22-17)15-5-3-2-4-6-15/h2-6,9,14,16H,7-8,10-13H2,1H3. The summed E-state index contributed by atoms with van der Waals surface area (Å²) in [4.78, 5) is 11.2. The van der Waals surface area contributed by atoms with Crippen molar-refractivity contribution in [3.8, 4) is 10.6 Å². The molecule has 3 aliphatic rings. The lowest BCUT2D eigenvalue weighted by atomic mass is 9.95. The van der Waals surface area contributed by atoms with Gasteiger partial charge in [-0.05, 0) is 25.8 Å². The van der Waals surface area contributed by atoms with E-state index in [-0.39, 0.29) is 0 Å². The highest BCUT2D eigenvalue weighted by molar-refractivity contribution is 7.15. The summed E-state index contributed by atoms with van der Waals surface area (Å²) in [5.41, 5.74) is 1.23. The van der Waals surface area contributed by atoms with Crippen LogP contribution in [0.5, 0.6) is 0 Å². The maximum Gasteiger partial charge on any atom is 0.123 e. The molecule has 22 heavy (non-hydrogen) atoms. The number of fused-ring (bicyclic) bond motifs is 4. The van der Waals surface area contributed by atoms with Crippen molar-refractivity contribution in [3.05, 3.63) is 41.4 Å². The van der Waals surface area contributed by atoms with Crippen molar-refractivity contribution in [1.82, 2.24) is 14.8 Å². The van der Waals surface area contributed by atoms with Crippen LogP contribution in [0.3, 0.4) is 0 Å². The first kappa shape index (κ1) is 14.4. The molecule has 5 rings (SSSR count). The van der Waals surface area contributed by atoms with Crippen LogP contribution in [0.2, 0.25) is 0 Å². The molecule has 3 saturated heterocycles. The van der Waals surface area contributed by atoms with E-state index in [1.165, 1.54) is 42.9 Å². The van der Waals surface area contributed by atoms with Gasteiger partial charge in [0.2, 0.25) is 0 Å². The zero-order valence-electron chi connectivity index (χ0n) is 13.1. The van der Waals surface area contributed by atoms with Gasteiger partial charge in [-0.25, -0.2) is 4.98 Å². The molecule has 2 bridgehead atoms. The molecule has 116 valence electrons. The van der Waals surface area contributed by atoms with Gasteiger partial charge in [0.15, 0.2) is 0 Å². The third-order valence-electron chi connectivity index (χ3n) is 4.94. The minimum atomic E-state index is 0.728. The van der Waals surface area contributed by atoms with E-state index in [0.29, 0.717) is 0 Å². The molecule has 3 aliphatic heterocycles. The number of hydrogen-bond acceptors (Lipinski definition) is 4. The summed E-state index contributed by atoms with van der Waals surface area (Å²) in [7, 11) is 2.27. The van der Waals surface area contributed by atoms with Crippen molar-refractivity contribution >= 4 is 11.3 Å². The Morgan fingerprint density at radius 2 is 2.00 bits per heavy atom. The summed E-state index contributed by atoms with van der Waals surface area (Å²) in [5.74, 6) is 0.852. The molecule has 3 nitrogen and oxygen atoms in total. The average molecular weight is 313 g/mol. The Bertz CT molecular complexity index is 624. The van der Waals surface area contributed by atoms with E-state index in [2.05, 4.69) is 58.4 Å². The number of benzene rings is 1. The second-order valence-electron chi connectivity index (χ2n) is 6.75. The van der Waals surface area contributed by atoms with E-state index in [1.807, 2.05) is 11.3 Å². The van der Waals surface area contributed by atoms with Crippen molar-refractivity contribution in [2.24, 2.45) is 5.92 Å². The van der Waals surface area contributed by atoms with Crippen LogP contribution in [0.15, 0.2) is 36.5 Å². The number of piperidine rings is 1. The Morgan fingerprint density at radius 1 is 1.14 bits per heavy atom. The SMILES string of the molecule is CN1CC2CCC(C1)N(Cc1cnc(-c3ccccc3)s1)C2. The van der Waals surface area contributed by atoms with Gasteiger partial charge < -0.3 is 4.90 Å². The molecule has 0 radical (unpaired) electrons. The Morgan fingerprint density at radius 3 is 2.86 bits per heavy atom. The summed E-state index contributed by atoms with van der Waals surface area (Å²) < 4.78 is 0. The van der Waals surface area contributed by atoms with Crippen molar-refractivity contribution in [2.75, 3.05) is 26.7 Å². The van der Waals surface area contributed by atoms with Crippen LogP contribution in [0.4, 0.5) is 0 Å². The highest BCUT2D eigenvalue weighted by Gasteiger charge is 2.33. The lowest BCUT2D eigenvalue weighted by molar-refractivity contribution is 0.125. The molecule has 1 aromatic carbocycles. The van der Waals surface area contributed by atoms with Gasteiger partial charge in [0, 0.05) is 48.9 Å². The van der Waals surface area contributed by atoms with E-state index in [1.54, 1.807) is 0 Å². The Kier molecular flexibility index (Phi) is 3.99. The summed E-state index contributed by atoms with van der Waals surface area (Å²) >= 11 is 1.85. The fourth-order valence-electron chi connectivity index (χ4n) is 3.90. The molecule has 2 atom stereocenters. The van der Waals surface area contributed by atoms with Gasteiger partial charge in [0.1, 0.15) is 5.01 Å². The zero-order valence-corrected chi connectivity index (χ0v) is 13.9. The zero-order chi connectivity index (χ0) is 14.9. The third kappa shape index (κ3) is 2.96. The van der Waals surface area contributed by atoms with E-state index in [4.69, 9.17) is 0 Å². The van der Waals surface area contributed by atoms with E-state index in [0.717, 1.165) is 23.5 Å². The predicted octanol–water partition coefficient (Wildman–Crippen LogP) is 3.34. The highest BCUT2D eigenvalue weighted by atomic mass is 32.1. The van der Waals surface area contributed by atoms with Crippen molar-refractivity contribution in [3.63, 3.8) is 0 Å². The summed E-state index contributed by atoms with van der Waals surface area (Å²) in [6, 6.07) is 11.2. The predicted molar refractivity (Wildman–Crippen MR) is 92.0 cm³/mol. The maximum absolute atomic E-state index is 4.63. The van der Waals surface area contributed by atoms with Crippen LogP contribution >= 0.6 is 11.3 Å². The normalized spacial score (nSPS) is 26.2. The van der Waals surface area contributed by atoms with Gasteiger partial charge in [-0.2, -0.15) is 0 Å². The average Bonchev–Trinajstić information content (AvgIpc) is 2.85. The quantitative estimate of drug-likeness (QED) is 0.866. The molecule has 0 amide bonds. The Balaban J connectivity index is 1.49. The van der Waals surface area contributed by atoms with Gasteiger partial charge in [-0.3, -0.25) is 4.90 Å². The molecule has 4 heteroatoms. The Hall–Kier alpha value is -1.23. The van der Waals surface area contributed by atoms with Crippen LogP contribution in [0.1, 0.15) is 17.7 Å². The summed E-state index contributed by atoms with van der Waals surface area (Å²) in [6.07, 6.45) is 4.85. The monoisotopic (exact) mass is 313 g/mol. The van der Waals surface area contributed by atoms with Crippen LogP contribution in [0.25, 0.3) is 10.6 Å². The number of nitrogens with zero attached hydrogens (tertiary/aromatic N) is 3. The molecule has 2 unspecified atom stereocenters. The maximum atomic E-state index is 4.63. The summed E-state index contributed by atoms with van der Waals surface area (Å²) in [6.45, 7) is 4.82. The lowest BCUT2D eigenvalue weighted by Gasteiger charge is -2.35. The number of likely N-dealkylation sites (N-methyl/N-ethyl adjacent to an activating group) is 1. The van der Waals surface area contributed by atoms with Gasteiger partial charge in [-0.1, -0.05) is 30.3 Å². The van der Waals surface area contributed by atoms with Gasteiger partial charge in [0.25, 0.3) is 0 Å². The van der Waals surface area contributed by atoms with Crippen molar-refractivity contribution in [2.45, 2.75) is 25.4 Å². The molecule has 0 aliphatic carbocycles. The molecule has 0 N–H and O–H groups in total. The number of aromatic nitrogens is 1. The Labute approximate surface area is 136 Å². The smallest absolute Gasteiger partial charge is 0.123 e. The third-order valence-corrected chi connectivity index (χ3v) is 5.97. The van der Waals surface area contributed by atoms with Crippen LogP contribution in [0, 0.1) is 5.92 Å². The molecular weight excluding hydrogens is 290 g/mol. The minimum Gasteiger partial charge on any atom is -0.304 e. The molecule has 2 aromatic rings. The second kappa shape index (κ2) is 6.11. The van der Waals surface area contributed by atoms with E-state index in [9.17, 15) is 0 Å². The molecule has 0 spiro atoms. The van der Waals surface area contributed by atoms with Gasteiger partial charge in [0.05, 0.1) is 0 Å². The molecule has 4 heterocycles. The van der Waals surface area contributed by atoms with Crippen LogP contribution in [-0.4, -0.2) is 47.5 Å². The fraction of sp³-hybridized carbons (Fsp3) is 0.500. The number of thiazole rings is 1.